The van der Waals surface area contributed by atoms with Crippen LogP contribution in [-0.2, 0) is 4.74 Å². The molecule has 3 aliphatic rings. The number of piperidine rings is 1. The molecule has 1 aromatic heterocycles. The van der Waals surface area contributed by atoms with Crippen molar-refractivity contribution in [1.82, 2.24) is 15.2 Å². The molecule has 0 aliphatic carbocycles. The van der Waals surface area contributed by atoms with Crippen molar-refractivity contribution in [2.24, 2.45) is 0 Å². The molecule has 132 valence electrons. The van der Waals surface area contributed by atoms with Gasteiger partial charge in [-0.2, -0.15) is 0 Å². The molecule has 4 rings (SSSR count). The van der Waals surface area contributed by atoms with E-state index in [1.54, 1.807) is 0 Å². The summed E-state index contributed by atoms with van der Waals surface area (Å²) in [4.78, 5) is 9.46. The molecular weight excluding hydrogens is 300 g/mol. The van der Waals surface area contributed by atoms with Crippen molar-refractivity contribution in [3.8, 4) is 0 Å². The van der Waals surface area contributed by atoms with Gasteiger partial charge in [-0.15, -0.1) is 0 Å². The van der Waals surface area contributed by atoms with Crippen LogP contribution in [-0.4, -0.2) is 67.4 Å². The van der Waals surface area contributed by atoms with E-state index in [9.17, 15) is 0 Å². The molecule has 1 spiro atoms. The number of rotatable bonds is 2. The van der Waals surface area contributed by atoms with Crippen LogP contribution in [0, 0.1) is 6.92 Å². The summed E-state index contributed by atoms with van der Waals surface area (Å²) in [6.07, 6.45) is 8.67. The molecule has 5 heteroatoms. The average Bonchev–Trinajstić information content (AvgIpc) is 2.63. The lowest BCUT2D eigenvalue weighted by molar-refractivity contribution is -0.121. The van der Waals surface area contributed by atoms with E-state index in [0.29, 0.717) is 6.04 Å². The van der Waals surface area contributed by atoms with Gasteiger partial charge < -0.3 is 15.0 Å². The van der Waals surface area contributed by atoms with E-state index in [0.717, 1.165) is 32.8 Å². The zero-order valence-corrected chi connectivity index (χ0v) is 14.8. The normalized spacial score (nSPS) is 28.2. The van der Waals surface area contributed by atoms with Crippen LogP contribution >= 0.6 is 0 Å². The van der Waals surface area contributed by atoms with Gasteiger partial charge >= 0.3 is 0 Å². The number of aryl methyl sites for hydroxylation is 1. The second kappa shape index (κ2) is 6.98. The molecule has 1 unspecified atom stereocenters. The highest BCUT2D eigenvalue weighted by Crippen LogP contribution is 2.35. The molecule has 24 heavy (non-hydrogen) atoms. The largest absolute Gasteiger partial charge is 0.375 e. The van der Waals surface area contributed by atoms with Gasteiger partial charge in [-0.3, -0.25) is 9.88 Å². The molecule has 1 N–H and O–H groups in total. The molecule has 0 saturated carbocycles. The number of ether oxygens (including phenoxy) is 1. The number of hydrogen-bond acceptors (Lipinski definition) is 5. The Morgan fingerprint density at radius 2 is 2.00 bits per heavy atom. The predicted molar refractivity (Wildman–Crippen MR) is 96.6 cm³/mol. The van der Waals surface area contributed by atoms with Gasteiger partial charge in [0.2, 0.25) is 0 Å². The van der Waals surface area contributed by atoms with Gasteiger partial charge in [0, 0.05) is 56.9 Å². The Balaban J connectivity index is 1.36. The molecule has 3 fully saturated rings. The van der Waals surface area contributed by atoms with Crippen molar-refractivity contribution in [3.63, 3.8) is 0 Å². The Morgan fingerprint density at radius 1 is 1.21 bits per heavy atom. The Bertz CT molecular complexity index is 545. The van der Waals surface area contributed by atoms with Gasteiger partial charge in [0.05, 0.1) is 5.60 Å². The van der Waals surface area contributed by atoms with E-state index >= 15 is 0 Å². The summed E-state index contributed by atoms with van der Waals surface area (Å²) in [5.41, 5.74) is 2.80. The third-order valence-electron chi connectivity index (χ3n) is 6.14. The fourth-order valence-electron chi connectivity index (χ4n) is 4.69. The molecular formula is C19H30N4O. The molecule has 3 aliphatic heterocycles. The van der Waals surface area contributed by atoms with Gasteiger partial charge in [-0.25, -0.2) is 0 Å². The van der Waals surface area contributed by atoms with Gasteiger partial charge in [0.15, 0.2) is 0 Å². The van der Waals surface area contributed by atoms with Crippen LogP contribution in [0.25, 0.3) is 0 Å². The van der Waals surface area contributed by atoms with Gasteiger partial charge in [-0.05, 0) is 57.3 Å². The van der Waals surface area contributed by atoms with Crippen LogP contribution in [0.15, 0.2) is 18.5 Å². The van der Waals surface area contributed by atoms with E-state index in [1.807, 2.05) is 12.4 Å². The number of pyridine rings is 1. The number of hydrogen-bond donors (Lipinski definition) is 1. The summed E-state index contributed by atoms with van der Waals surface area (Å²) in [7, 11) is 0. The molecule has 0 amide bonds. The van der Waals surface area contributed by atoms with E-state index in [1.165, 1.54) is 50.0 Å². The maximum atomic E-state index is 6.25. The first-order chi connectivity index (χ1) is 11.8. The highest BCUT2D eigenvalue weighted by molar-refractivity contribution is 5.51. The molecule has 4 heterocycles. The maximum Gasteiger partial charge on any atom is 0.0721 e. The number of nitrogens with one attached hydrogen (secondary N) is 1. The Kier molecular flexibility index (Phi) is 4.74. The first-order valence-corrected chi connectivity index (χ1v) is 9.50. The lowest BCUT2D eigenvalue weighted by Crippen LogP contribution is -2.56. The van der Waals surface area contributed by atoms with Crippen molar-refractivity contribution in [3.05, 3.63) is 24.0 Å². The highest BCUT2D eigenvalue weighted by Gasteiger charge is 2.40. The standard InChI is InChI=1S/C19H30N4O/c1-16-15-21-6-2-18(16)23-11-9-22(10-12-23)17-3-13-24-19(14-17)4-7-20-8-5-19/h2,6,15,17,20H,3-5,7-14H2,1H3. The van der Waals surface area contributed by atoms with Gasteiger partial charge in [0.25, 0.3) is 0 Å². The first-order valence-electron chi connectivity index (χ1n) is 9.50. The van der Waals surface area contributed by atoms with Crippen molar-refractivity contribution < 1.29 is 4.74 Å². The fourth-order valence-corrected chi connectivity index (χ4v) is 4.69. The molecule has 0 radical (unpaired) electrons. The summed E-state index contributed by atoms with van der Waals surface area (Å²) >= 11 is 0. The van der Waals surface area contributed by atoms with Crippen LogP contribution in [0.2, 0.25) is 0 Å². The Labute approximate surface area is 145 Å². The highest BCUT2D eigenvalue weighted by atomic mass is 16.5. The topological polar surface area (TPSA) is 40.6 Å². The summed E-state index contributed by atoms with van der Waals surface area (Å²) in [5, 5.41) is 3.47. The summed E-state index contributed by atoms with van der Waals surface area (Å²) in [6, 6.07) is 2.86. The quantitative estimate of drug-likeness (QED) is 0.896. The van der Waals surface area contributed by atoms with E-state index in [-0.39, 0.29) is 5.60 Å². The minimum absolute atomic E-state index is 0.160. The zero-order valence-electron chi connectivity index (χ0n) is 14.8. The lowest BCUT2D eigenvalue weighted by Gasteiger charge is -2.48. The van der Waals surface area contributed by atoms with Crippen molar-refractivity contribution in [1.29, 1.82) is 0 Å². The summed E-state index contributed by atoms with van der Waals surface area (Å²) < 4.78 is 6.25. The molecule has 0 aromatic carbocycles. The number of nitrogens with zero attached hydrogens (tertiary/aromatic N) is 3. The molecule has 5 nitrogen and oxygen atoms in total. The van der Waals surface area contributed by atoms with Gasteiger partial charge in [-0.1, -0.05) is 0 Å². The van der Waals surface area contributed by atoms with Crippen LogP contribution in [0.3, 0.4) is 0 Å². The SMILES string of the molecule is Cc1cnccc1N1CCN(C2CCOC3(CCNCC3)C2)CC1. The van der Waals surface area contributed by atoms with Crippen molar-refractivity contribution >= 4 is 5.69 Å². The summed E-state index contributed by atoms with van der Waals surface area (Å²) in [5.74, 6) is 0. The molecule has 0 bridgehead atoms. The Hall–Kier alpha value is -1.17. The third kappa shape index (κ3) is 3.30. The third-order valence-corrected chi connectivity index (χ3v) is 6.14. The van der Waals surface area contributed by atoms with Crippen LogP contribution in [0.5, 0.6) is 0 Å². The van der Waals surface area contributed by atoms with E-state index in [4.69, 9.17) is 4.74 Å². The lowest BCUT2D eigenvalue weighted by atomic mass is 9.82. The van der Waals surface area contributed by atoms with Crippen LogP contribution < -0.4 is 10.2 Å². The molecule has 1 atom stereocenters. The predicted octanol–water partition coefficient (Wildman–Crippen LogP) is 1.81. The smallest absolute Gasteiger partial charge is 0.0721 e. The minimum atomic E-state index is 0.160. The Morgan fingerprint density at radius 3 is 2.75 bits per heavy atom. The van der Waals surface area contributed by atoms with Crippen LogP contribution in [0.4, 0.5) is 5.69 Å². The van der Waals surface area contributed by atoms with Gasteiger partial charge in [0.1, 0.15) is 0 Å². The van der Waals surface area contributed by atoms with Crippen molar-refractivity contribution in [2.75, 3.05) is 50.8 Å². The van der Waals surface area contributed by atoms with E-state index < -0.39 is 0 Å². The average molecular weight is 330 g/mol. The summed E-state index contributed by atoms with van der Waals surface area (Å²) in [6.45, 7) is 9.90. The fraction of sp³-hybridized carbons (Fsp3) is 0.737. The van der Waals surface area contributed by atoms with Crippen LogP contribution in [0.1, 0.15) is 31.2 Å². The zero-order chi connectivity index (χ0) is 16.4. The monoisotopic (exact) mass is 330 g/mol. The minimum Gasteiger partial charge on any atom is -0.375 e. The maximum absolute atomic E-state index is 6.25. The van der Waals surface area contributed by atoms with E-state index in [2.05, 4.69) is 33.1 Å². The number of anilines is 1. The first kappa shape index (κ1) is 16.3. The molecule has 1 aromatic rings. The molecule has 3 saturated heterocycles. The number of piperazine rings is 1. The second-order valence-electron chi connectivity index (χ2n) is 7.61. The van der Waals surface area contributed by atoms with Crippen molar-refractivity contribution in [2.45, 2.75) is 44.2 Å². The second-order valence-corrected chi connectivity index (χ2v) is 7.61. The number of aromatic nitrogens is 1.